The van der Waals surface area contributed by atoms with Gasteiger partial charge >= 0.3 is 5.97 Å². The van der Waals surface area contributed by atoms with E-state index in [4.69, 9.17) is 4.74 Å². The highest BCUT2D eigenvalue weighted by atomic mass is 79.9. The van der Waals surface area contributed by atoms with Crippen LogP contribution in [0.3, 0.4) is 0 Å². The molecule has 2 aromatic carbocycles. The van der Waals surface area contributed by atoms with Crippen molar-refractivity contribution in [3.05, 3.63) is 99.5 Å². The van der Waals surface area contributed by atoms with Gasteiger partial charge in [-0.2, -0.15) is 0 Å². The maximum Gasteiger partial charge on any atom is 0.338 e. The standard InChI is InChI=1S/C23H18BrN3O5S/c1-3-32-22(29)19-13(2)26-21(28)18(11-14-6-4-8-16(24)10-14)33-23(26)25-20(19)15-7-5-9-17(12-15)27(30)31/h4-12,20H,3H2,1-2H3/b18-11-/t20-/m1/s1. The Hall–Kier alpha value is -3.37. The third-order valence-electron chi connectivity index (χ3n) is 5.08. The predicted molar refractivity (Wildman–Crippen MR) is 128 cm³/mol. The van der Waals surface area contributed by atoms with Gasteiger partial charge in [0.05, 0.1) is 21.6 Å². The summed E-state index contributed by atoms with van der Waals surface area (Å²) < 4.78 is 7.97. The number of ether oxygens (including phenoxy) is 1. The summed E-state index contributed by atoms with van der Waals surface area (Å²) in [5.74, 6) is -0.614. The van der Waals surface area contributed by atoms with Gasteiger partial charge in [0.2, 0.25) is 0 Å². The first-order valence-corrected chi connectivity index (χ1v) is 11.6. The van der Waals surface area contributed by atoms with E-state index < -0.39 is 16.9 Å². The van der Waals surface area contributed by atoms with E-state index in [1.807, 2.05) is 24.3 Å². The van der Waals surface area contributed by atoms with Crippen LogP contribution >= 0.6 is 27.3 Å². The number of hydrogen-bond donors (Lipinski definition) is 0. The SMILES string of the molecule is CCOC(=O)C1=C(C)n2c(s/c(=C\c3cccc(Br)c3)c2=O)=N[C@@H]1c1cccc([N+](=O)[O-])c1. The molecule has 0 fully saturated rings. The zero-order chi connectivity index (χ0) is 23.7. The van der Waals surface area contributed by atoms with Crippen LogP contribution in [0.25, 0.3) is 11.8 Å². The molecule has 0 saturated heterocycles. The number of non-ortho nitro benzene ring substituents is 1. The van der Waals surface area contributed by atoms with Gasteiger partial charge < -0.3 is 4.74 Å². The Kier molecular flexibility index (Phi) is 6.39. The molecule has 2 heterocycles. The number of aromatic nitrogens is 1. The highest BCUT2D eigenvalue weighted by Gasteiger charge is 2.32. The van der Waals surface area contributed by atoms with Gasteiger partial charge in [-0.3, -0.25) is 19.5 Å². The Morgan fingerprint density at radius 3 is 2.76 bits per heavy atom. The maximum atomic E-state index is 13.2. The van der Waals surface area contributed by atoms with Crippen molar-refractivity contribution in [2.24, 2.45) is 4.99 Å². The van der Waals surface area contributed by atoms with Crippen LogP contribution in [0.1, 0.15) is 31.0 Å². The van der Waals surface area contributed by atoms with E-state index in [1.165, 1.54) is 28.0 Å². The molecule has 0 aliphatic carbocycles. The lowest BCUT2D eigenvalue weighted by molar-refractivity contribution is -0.384. The summed E-state index contributed by atoms with van der Waals surface area (Å²) in [5.41, 5.74) is 1.47. The Labute approximate surface area is 200 Å². The number of rotatable bonds is 5. The van der Waals surface area contributed by atoms with Gasteiger partial charge in [-0.15, -0.1) is 0 Å². The molecule has 1 atom stereocenters. The summed E-state index contributed by atoms with van der Waals surface area (Å²) in [6.07, 6.45) is 1.76. The molecule has 0 spiro atoms. The Bertz CT molecular complexity index is 1490. The topological polar surface area (TPSA) is 104 Å². The van der Waals surface area contributed by atoms with Gasteiger partial charge in [-0.1, -0.05) is 51.5 Å². The van der Waals surface area contributed by atoms with E-state index in [2.05, 4.69) is 20.9 Å². The van der Waals surface area contributed by atoms with Crippen LogP contribution in [-0.2, 0) is 9.53 Å². The fourth-order valence-electron chi connectivity index (χ4n) is 3.61. The quantitative estimate of drug-likeness (QED) is 0.286. The predicted octanol–water partition coefficient (Wildman–Crippen LogP) is 3.58. The fraction of sp³-hybridized carbons (Fsp3) is 0.174. The molecule has 168 valence electrons. The van der Waals surface area contributed by atoms with E-state index >= 15 is 0 Å². The molecule has 3 aromatic rings. The number of benzene rings is 2. The van der Waals surface area contributed by atoms with E-state index in [9.17, 15) is 19.7 Å². The van der Waals surface area contributed by atoms with E-state index in [0.29, 0.717) is 20.6 Å². The van der Waals surface area contributed by atoms with Gasteiger partial charge in [0, 0.05) is 22.3 Å². The molecular weight excluding hydrogens is 510 g/mol. The third kappa shape index (κ3) is 4.44. The highest BCUT2D eigenvalue weighted by Crippen LogP contribution is 2.33. The lowest BCUT2D eigenvalue weighted by Gasteiger charge is -2.22. The second-order valence-corrected chi connectivity index (χ2v) is 9.12. The van der Waals surface area contributed by atoms with Crippen LogP contribution in [0, 0.1) is 10.1 Å². The summed E-state index contributed by atoms with van der Waals surface area (Å²) in [6.45, 7) is 3.49. The molecule has 4 rings (SSSR count). The van der Waals surface area contributed by atoms with Crippen molar-refractivity contribution in [3.8, 4) is 0 Å². The Morgan fingerprint density at radius 2 is 2.06 bits per heavy atom. The van der Waals surface area contributed by atoms with Crippen LogP contribution in [0.4, 0.5) is 5.69 Å². The molecule has 1 aliphatic heterocycles. The molecule has 10 heteroatoms. The number of allylic oxidation sites excluding steroid dienone is 1. The van der Waals surface area contributed by atoms with Gasteiger partial charge in [0.15, 0.2) is 4.80 Å². The van der Waals surface area contributed by atoms with Gasteiger partial charge in [-0.05, 0) is 43.2 Å². The highest BCUT2D eigenvalue weighted by molar-refractivity contribution is 9.10. The summed E-state index contributed by atoms with van der Waals surface area (Å²) in [7, 11) is 0. The maximum absolute atomic E-state index is 13.2. The second-order valence-electron chi connectivity index (χ2n) is 7.19. The fourth-order valence-corrected chi connectivity index (χ4v) is 5.07. The number of nitro benzene ring substituents is 1. The number of nitrogens with zero attached hydrogens (tertiary/aromatic N) is 3. The van der Waals surface area contributed by atoms with Gasteiger partial charge in [-0.25, -0.2) is 9.79 Å². The minimum absolute atomic E-state index is 0.110. The number of fused-ring (bicyclic) bond motifs is 1. The van der Waals surface area contributed by atoms with Crippen molar-refractivity contribution >= 4 is 50.7 Å². The number of esters is 1. The summed E-state index contributed by atoms with van der Waals surface area (Å²) in [4.78, 5) is 41.9. The molecule has 8 nitrogen and oxygen atoms in total. The van der Waals surface area contributed by atoms with E-state index in [-0.39, 0.29) is 23.4 Å². The number of nitro groups is 1. The number of hydrogen-bond acceptors (Lipinski definition) is 7. The zero-order valence-electron chi connectivity index (χ0n) is 17.6. The monoisotopic (exact) mass is 527 g/mol. The summed E-state index contributed by atoms with van der Waals surface area (Å²) in [6, 6.07) is 12.7. The third-order valence-corrected chi connectivity index (χ3v) is 6.56. The van der Waals surface area contributed by atoms with Crippen LogP contribution in [0.5, 0.6) is 0 Å². The molecule has 1 aromatic heterocycles. The first kappa shape index (κ1) is 22.8. The van der Waals surface area contributed by atoms with Gasteiger partial charge in [0.25, 0.3) is 11.2 Å². The summed E-state index contributed by atoms with van der Waals surface area (Å²) in [5, 5.41) is 11.3. The van der Waals surface area contributed by atoms with Crippen LogP contribution < -0.4 is 14.9 Å². The number of carbonyl (C=O) groups is 1. The molecule has 33 heavy (non-hydrogen) atoms. The molecule has 0 bridgehead atoms. The smallest absolute Gasteiger partial charge is 0.338 e. The van der Waals surface area contributed by atoms with Gasteiger partial charge in [0.1, 0.15) is 6.04 Å². The van der Waals surface area contributed by atoms with Crippen molar-refractivity contribution < 1.29 is 14.5 Å². The molecule has 1 aliphatic rings. The van der Waals surface area contributed by atoms with Crippen molar-refractivity contribution in [1.29, 1.82) is 0 Å². The normalized spacial score (nSPS) is 15.7. The van der Waals surface area contributed by atoms with Crippen molar-refractivity contribution in [2.45, 2.75) is 19.9 Å². The van der Waals surface area contributed by atoms with E-state index in [0.717, 1.165) is 10.0 Å². The number of carbonyl (C=O) groups excluding carboxylic acids is 1. The number of thiazole rings is 1. The molecule has 0 saturated carbocycles. The second kappa shape index (κ2) is 9.24. The van der Waals surface area contributed by atoms with Crippen LogP contribution in [-0.4, -0.2) is 22.1 Å². The largest absolute Gasteiger partial charge is 0.463 e. The molecule has 0 N–H and O–H groups in total. The summed E-state index contributed by atoms with van der Waals surface area (Å²) >= 11 is 4.62. The van der Waals surface area contributed by atoms with Crippen molar-refractivity contribution in [1.82, 2.24) is 4.57 Å². The first-order chi connectivity index (χ1) is 15.8. The average molecular weight is 528 g/mol. The first-order valence-electron chi connectivity index (χ1n) is 9.99. The minimum Gasteiger partial charge on any atom is -0.463 e. The lowest BCUT2D eigenvalue weighted by atomic mass is 9.96. The number of halogens is 1. The van der Waals surface area contributed by atoms with Crippen LogP contribution in [0.2, 0.25) is 0 Å². The molecule has 0 amide bonds. The Morgan fingerprint density at radius 1 is 1.30 bits per heavy atom. The average Bonchev–Trinajstić information content (AvgIpc) is 3.09. The minimum atomic E-state index is -0.833. The van der Waals surface area contributed by atoms with Crippen molar-refractivity contribution in [2.75, 3.05) is 6.61 Å². The Balaban J connectivity index is 1.96. The van der Waals surface area contributed by atoms with E-state index in [1.54, 1.807) is 32.1 Å². The van der Waals surface area contributed by atoms with Crippen molar-refractivity contribution in [3.63, 3.8) is 0 Å². The molecule has 0 radical (unpaired) electrons. The molecular formula is C23H18BrN3O5S. The lowest BCUT2D eigenvalue weighted by Crippen LogP contribution is -2.35. The zero-order valence-corrected chi connectivity index (χ0v) is 20.1. The van der Waals surface area contributed by atoms with Crippen LogP contribution in [0.15, 0.2) is 68.4 Å². The molecule has 0 unspecified atom stereocenters.